The van der Waals surface area contributed by atoms with Gasteiger partial charge < -0.3 is 14.7 Å². The van der Waals surface area contributed by atoms with Crippen molar-refractivity contribution < 1.29 is 19.6 Å². The van der Waals surface area contributed by atoms with Crippen molar-refractivity contribution in [3.05, 3.63) is 33.4 Å². The van der Waals surface area contributed by atoms with E-state index < -0.39 is 22.3 Å². The molecule has 0 heterocycles. The van der Waals surface area contributed by atoms with E-state index in [9.17, 15) is 20.0 Å². The van der Waals surface area contributed by atoms with Crippen LogP contribution in [-0.4, -0.2) is 42.0 Å². The highest BCUT2D eigenvalue weighted by Crippen LogP contribution is 2.37. The molecule has 21 heavy (non-hydrogen) atoms. The smallest absolute Gasteiger partial charge is 0.315 e. The molecule has 8 nitrogen and oxygen atoms in total. The summed E-state index contributed by atoms with van der Waals surface area (Å²) in [5.74, 6) is -1.27. The molecule has 1 rings (SSSR count). The number of nitro groups is 1. The van der Waals surface area contributed by atoms with E-state index in [1.165, 1.54) is 38.2 Å². The van der Waals surface area contributed by atoms with Crippen LogP contribution in [0.15, 0.2) is 17.7 Å². The summed E-state index contributed by atoms with van der Waals surface area (Å²) in [4.78, 5) is 23.0. The van der Waals surface area contributed by atoms with E-state index in [0.717, 1.165) is 6.07 Å². The summed E-state index contributed by atoms with van der Waals surface area (Å²) in [5.41, 5.74) is -0.569. The highest BCUT2D eigenvalue weighted by atomic mass is 16.6. The second-order valence-electron chi connectivity index (χ2n) is 4.22. The molecule has 0 radical (unpaired) electrons. The van der Waals surface area contributed by atoms with Crippen LogP contribution < -0.4 is 4.74 Å². The van der Waals surface area contributed by atoms with Crippen molar-refractivity contribution in [1.82, 2.24) is 4.90 Å². The number of nitriles is 1. The maximum absolute atomic E-state index is 11.7. The van der Waals surface area contributed by atoms with Crippen LogP contribution in [0, 0.1) is 21.4 Å². The fraction of sp³-hybridized carbons (Fsp3) is 0.231. The maximum Gasteiger partial charge on any atom is 0.315 e. The topological polar surface area (TPSA) is 117 Å². The number of methoxy groups -OCH3 is 1. The van der Waals surface area contributed by atoms with Gasteiger partial charge in [-0.1, -0.05) is 0 Å². The Bertz CT molecular complexity index is 659. The van der Waals surface area contributed by atoms with Crippen molar-refractivity contribution in [3.8, 4) is 17.6 Å². The first kappa shape index (κ1) is 16.0. The molecular formula is C13H13N3O5. The number of benzene rings is 1. The van der Waals surface area contributed by atoms with Crippen LogP contribution in [0.1, 0.15) is 5.56 Å². The lowest BCUT2D eigenvalue weighted by Gasteiger charge is -2.09. The van der Waals surface area contributed by atoms with E-state index >= 15 is 0 Å². The number of nitrogens with zero attached hydrogens (tertiary/aromatic N) is 3. The third kappa shape index (κ3) is 3.48. The summed E-state index contributed by atoms with van der Waals surface area (Å²) < 4.78 is 4.84. The first-order valence-electron chi connectivity index (χ1n) is 5.70. The molecule has 0 spiro atoms. The van der Waals surface area contributed by atoms with Gasteiger partial charge in [0.05, 0.1) is 12.0 Å². The molecule has 1 N–H and O–H groups in total. The summed E-state index contributed by atoms with van der Waals surface area (Å²) in [6, 6.07) is 4.08. The second kappa shape index (κ2) is 6.38. The molecule has 0 saturated heterocycles. The molecule has 8 heteroatoms. The Labute approximate surface area is 120 Å². The molecule has 0 aliphatic rings. The standard InChI is InChI=1S/C13H13N3O5/c1-15(2)13(18)9(7-14)4-8-5-10(16(19)20)12(17)11(6-8)21-3/h4-6,17H,1-3H3/b9-4+. The summed E-state index contributed by atoms with van der Waals surface area (Å²) in [6.45, 7) is 0. The van der Waals surface area contributed by atoms with Crippen molar-refractivity contribution >= 4 is 17.7 Å². The van der Waals surface area contributed by atoms with Gasteiger partial charge in [0.2, 0.25) is 5.75 Å². The van der Waals surface area contributed by atoms with Crippen LogP contribution in [0.5, 0.6) is 11.5 Å². The molecule has 1 aromatic carbocycles. The quantitative estimate of drug-likeness (QED) is 0.387. The Morgan fingerprint density at radius 1 is 1.52 bits per heavy atom. The summed E-state index contributed by atoms with van der Waals surface area (Å²) in [5, 5.41) is 29.5. The Hall–Kier alpha value is -3.08. The molecule has 0 aliphatic carbocycles. The average molecular weight is 291 g/mol. The Morgan fingerprint density at radius 2 is 2.14 bits per heavy atom. The number of likely N-dealkylation sites (N-methyl/N-ethyl adjacent to an activating group) is 1. The van der Waals surface area contributed by atoms with Crippen LogP contribution in [0.3, 0.4) is 0 Å². The van der Waals surface area contributed by atoms with Gasteiger partial charge in [-0.2, -0.15) is 5.26 Å². The Morgan fingerprint density at radius 3 is 2.57 bits per heavy atom. The van der Waals surface area contributed by atoms with E-state index in [4.69, 9.17) is 10.00 Å². The third-order valence-electron chi connectivity index (χ3n) is 2.56. The van der Waals surface area contributed by atoms with Crippen molar-refractivity contribution in [1.29, 1.82) is 5.26 Å². The predicted octanol–water partition coefficient (Wildman–Crippen LogP) is 1.30. The van der Waals surface area contributed by atoms with Crippen LogP contribution in [0.4, 0.5) is 5.69 Å². The molecule has 0 unspecified atom stereocenters. The number of hydrogen-bond donors (Lipinski definition) is 1. The van der Waals surface area contributed by atoms with Gasteiger partial charge in [-0.15, -0.1) is 0 Å². The van der Waals surface area contributed by atoms with E-state index in [0.29, 0.717) is 0 Å². The predicted molar refractivity (Wildman–Crippen MR) is 73.6 cm³/mol. The van der Waals surface area contributed by atoms with Gasteiger partial charge in [0.1, 0.15) is 11.6 Å². The normalized spacial score (nSPS) is 10.7. The SMILES string of the molecule is COc1cc(/C=C(\C#N)C(=O)N(C)C)cc([N+](=O)[O-])c1O. The minimum absolute atomic E-state index is 0.120. The number of carbonyl (C=O) groups excluding carboxylic acids is 1. The lowest BCUT2D eigenvalue weighted by molar-refractivity contribution is -0.386. The maximum atomic E-state index is 11.7. The number of phenolic OH excluding ortho intramolecular Hbond substituents is 1. The molecule has 0 bridgehead atoms. The Balaban J connectivity index is 3.44. The van der Waals surface area contributed by atoms with E-state index in [2.05, 4.69) is 0 Å². The average Bonchev–Trinajstić information content (AvgIpc) is 2.44. The zero-order chi connectivity index (χ0) is 16.2. The van der Waals surface area contributed by atoms with Gasteiger partial charge in [-0.05, 0) is 17.7 Å². The van der Waals surface area contributed by atoms with Crippen LogP contribution in [0.2, 0.25) is 0 Å². The second-order valence-corrected chi connectivity index (χ2v) is 4.22. The van der Waals surface area contributed by atoms with Gasteiger partial charge in [-0.25, -0.2) is 0 Å². The van der Waals surface area contributed by atoms with Gasteiger partial charge in [-0.3, -0.25) is 14.9 Å². The number of hydrogen-bond acceptors (Lipinski definition) is 6. The molecule has 1 amide bonds. The van der Waals surface area contributed by atoms with Crippen molar-refractivity contribution in [2.24, 2.45) is 0 Å². The molecule has 0 aliphatic heterocycles. The van der Waals surface area contributed by atoms with Gasteiger partial charge >= 0.3 is 5.69 Å². The molecule has 110 valence electrons. The lowest BCUT2D eigenvalue weighted by Crippen LogP contribution is -2.22. The molecular weight excluding hydrogens is 278 g/mol. The zero-order valence-corrected chi connectivity index (χ0v) is 11.7. The number of amides is 1. The zero-order valence-electron chi connectivity index (χ0n) is 11.7. The monoisotopic (exact) mass is 291 g/mol. The molecule has 0 saturated carbocycles. The van der Waals surface area contributed by atoms with Gasteiger partial charge in [0, 0.05) is 20.2 Å². The molecule has 1 aromatic rings. The number of nitro benzene ring substituents is 1. The largest absolute Gasteiger partial charge is 0.500 e. The third-order valence-corrected chi connectivity index (χ3v) is 2.56. The number of ether oxygens (including phenoxy) is 1. The Kier molecular flexibility index (Phi) is 4.86. The summed E-state index contributed by atoms with van der Waals surface area (Å²) in [7, 11) is 4.20. The summed E-state index contributed by atoms with van der Waals surface area (Å²) >= 11 is 0. The van der Waals surface area contributed by atoms with E-state index in [1.54, 1.807) is 6.07 Å². The fourth-order valence-electron chi connectivity index (χ4n) is 1.54. The lowest BCUT2D eigenvalue weighted by atomic mass is 10.1. The highest BCUT2D eigenvalue weighted by Gasteiger charge is 2.20. The minimum Gasteiger partial charge on any atom is -0.500 e. The van der Waals surface area contributed by atoms with E-state index in [-0.39, 0.29) is 16.9 Å². The number of aromatic hydroxyl groups is 1. The molecule has 0 aromatic heterocycles. The number of rotatable bonds is 4. The van der Waals surface area contributed by atoms with Crippen molar-refractivity contribution in [3.63, 3.8) is 0 Å². The van der Waals surface area contributed by atoms with E-state index in [1.807, 2.05) is 0 Å². The van der Waals surface area contributed by atoms with Crippen LogP contribution in [0.25, 0.3) is 6.08 Å². The van der Waals surface area contributed by atoms with Crippen LogP contribution >= 0.6 is 0 Å². The first-order chi connectivity index (χ1) is 9.81. The summed E-state index contributed by atoms with van der Waals surface area (Å²) in [6.07, 6.45) is 1.19. The fourth-order valence-corrected chi connectivity index (χ4v) is 1.54. The van der Waals surface area contributed by atoms with Gasteiger partial charge in [0.15, 0.2) is 5.75 Å². The van der Waals surface area contributed by atoms with Gasteiger partial charge in [0.25, 0.3) is 5.91 Å². The number of carbonyl (C=O) groups is 1. The minimum atomic E-state index is -0.783. The van der Waals surface area contributed by atoms with Crippen LogP contribution in [-0.2, 0) is 4.79 Å². The molecule has 0 fully saturated rings. The first-order valence-corrected chi connectivity index (χ1v) is 5.70. The van der Waals surface area contributed by atoms with Crippen molar-refractivity contribution in [2.75, 3.05) is 21.2 Å². The number of phenols is 1. The highest BCUT2D eigenvalue weighted by molar-refractivity contribution is 6.01. The van der Waals surface area contributed by atoms with Crippen molar-refractivity contribution in [2.45, 2.75) is 0 Å². The molecule has 0 atom stereocenters.